The van der Waals surface area contributed by atoms with Crippen LogP contribution in [-0.2, 0) is 11.3 Å². The first kappa shape index (κ1) is 14.0. The molecular formula is C19H15NO2. The Balaban J connectivity index is 1.81. The average molecular weight is 289 g/mol. The van der Waals surface area contributed by atoms with E-state index in [1.54, 1.807) is 12.3 Å². The predicted octanol–water partition coefficient (Wildman–Crippen LogP) is 4.11. The van der Waals surface area contributed by atoms with Crippen LogP contribution in [0.15, 0.2) is 79.0 Å². The molecule has 0 spiro atoms. The number of pyridine rings is 1. The van der Waals surface area contributed by atoms with E-state index < -0.39 is 0 Å². The topological polar surface area (TPSA) is 39.2 Å². The Morgan fingerprint density at radius 1 is 0.864 bits per heavy atom. The van der Waals surface area contributed by atoms with Crippen molar-refractivity contribution in [1.29, 1.82) is 0 Å². The van der Waals surface area contributed by atoms with Crippen molar-refractivity contribution in [3.63, 3.8) is 0 Å². The van der Waals surface area contributed by atoms with E-state index >= 15 is 0 Å². The second-order valence-corrected chi connectivity index (χ2v) is 4.82. The molecule has 0 bridgehead atoms. The van der Waals surface area contributed by atoms with Gasteiger partial charge in [-0.3, -0.25) is 4.98 Å². The summed E-state index contributed by atoms with van der Waals surface area (Å²) in [4.78, 5) is 16.7. The maximum Gasteiger partial charge on any atom is 0.339 e. The number of benzene rings is 2. The van der Waals surface area contributed by atoms with E-state index in [1.807, 2.05) is 66.7 Å². The average Bonchev–Trinajstić information content (AvgIpc) is 2.61. The van der Waals surface area contributed by atoms with Gasteiger partial charge in [0.25, 0.3) is 0 Å². The number of esters is 1. The molecule has 108 valence electrons. The number of carbonyl (C=O) groups is 1. The van der Waals surface area contributed by atoms with Crippen LogP contribution in [-0.4, -0.2) is 11.0 Å². The van der Waals surface area contributed by atoms with Crippen LogP contribution in [0.2, 0.25) is 0 Å². The van der Waals surface area contributed by atoms with Crippen LogP contribution in [0.3, 0.4) is 0 Å². The summed E-state index contributed by atoms with van der Waals surface area (Å²) in [7, 11) is 0. The monoisotopic (exact) mass is 289 g/mol. The zero-order valence-electron chi connectivity index (χ0n) is 12.0. The summed E-state index contributed by atoms with van der Waals surface area (Å²) < 4.78 is 5.41. The third-order valence-electron chi connectivity index (χ3n) is 3.30. The summed E-state index contributed by atoms with van der Waals surface area (Å²) in [5.41, 5.74) is 3.03. The van der Waals surface area contributed by atoms with Crippen molar-refractivity contribution in [2.24, 2.45) is 0 Å². The van der Waals surface area contributed by atoms with Crippen LogP contribution in [0.25, 0.3) is 11.3 Å². The molecule has 0 N–H and O–H groups in total. The van der Waals surface area contributed by atoms with E-state index in [9.17, 15) is 4.79 Å². The van der Waals surface area contributed by atoms with E-state index in [4.69, 9.17) is 4.74 Å². The molecule has 0 unspecified atom stereocenters. The number of ether oxygens (including phenoxy) is 1. The van der Waals surface area contributed by atoms with Gasteiger partial charge in [-0.1, -0.05) is 54.6 Å². The van der Waals surface area contributed by atoms with Gasteiger partial charge in [-0.25, -0.2) is 4.79 Å². The van der Waals surface area contributed by atoms with Crippen molar-refractivity contribution in [3.8, 4) is 11.3 Å². The SMILES string of the molecule is O=C(OCc1ccccc1)c1ccccc1-c1ccccn1. The highest BCUT2D eigenvalue weighted by Crippen LogP contribution is 2.22. The van der Waals surface area contributed by atoms with E-state index in [2.05, 4.69) is 4.98 Å². The van der Waals surface area contributed by atoms with Crippen LogP contribution in [0, 0.1) is 0 Å². The van der Waals surface area contributed by atoms with Gasteiger partial charge in [0.2, 0.25) is 0 Å². The largest absolute Gasteiger partial charge is 0.457 e. The van der Waals surface area contributed by atoms with Crippen molar-refractivity contribution in [1.82, 2.24) is 4.98 Å². The molecule has 0 aliphatic heterocycles. The minimum Gasteiger partial charge on any atom is -0.457 e. The fourth-order valence-electron chi connectivity index (χ4n) is 2.21. The number of carbonyl (C=O) groups excluding carboxylic acids is 1. The Morgan fingerprint density at radius 3 is 2.36 bits per heavy atom. The van der Waals surface area contributed by atoms with Gasteiger partial charge in [0.15, 0.2) is 0 Å². The molecule has 1 heterocycles. The number of hydrogen-bond donors (Lipinski definition) is 0. The lowest BCUT2D eigenvalue weighted by molar-refractivity contribution is 0.0473. The summed E-state index contributed by atoms with van der Waals surface area (Å²) in [6.07, 6.45) is 1.71. The highest BCUT2D eigenvalue weighted by atomic mass is 16.5. The molecule has 3 rings (SSSR count). The van der Waals surface area contributed by atoms with Crippen molar-refractivity contribution in [2.45, 2.75) is 6.61 Å². The molecule has 0 atom stereocenters. The molecule has 0 amide bonds. The fraction of sp³-hybridized carbons (Fsp3) is 0.0526. The Kier molecular flexibility index (Phi) is 4.25. The first-order valence-electron chi connectivity index (χ1n) is 7.06. The van der Waals surface area contributed by atoms with Gasteiger partial charge in [-0.15, -0.1) is 0 Å². The smallest absolute Gasteiger partial charge is 0.339 e. The van der Waals surface area contributed by atoms with Crippen LogP contribution >= 0.6 is 0 Å². The normalized spacial score (nSPS) is 10.2. The standard InChI is InChI=1S/C19H15NO2/c21-19(22-14-15-8-2-1-3-9-15)17-11-5-4-10-16(17)18-12-6-7-13-20-18/h1-13H,14H2. The minimum absolute atomic E-state index is 0.260. The zero-order chi connectivity index (χ0) is 15.2. The molecule has 0 saturated carbocycles. The molecule has 3 nitrogen and oxygen atoms in total. The van der Waals surface area contributed by atoms with Crippen molar-refractivity contribution in [3.05, 3.63) is 90.1 Å². The van der Waals surface area contributed by atoms with E-state index in [-0.39, 0.29) is 12.6 Å². The number of hydrogen-bond acceptors (Lipinski definition) is 3. The molecule has 0 aliphatic carbocycles. The van der Waals surface area contributed by atoms with Crippen LogP contribution in [0.1, 0.15) is 15.9 Å². The molecule has 1 aromatic heterocycles. The molecular weight excluding hydrogens is 274 g/mol. The number of nitrogens with zero attached hydrogens (tertiary/aromatic N) is 1. The fourth-order valence-corrected chi connectivity index (χ4v) is 2.21. The minimum atomic E-state index is -0.342. The quantitative estimate of drug-likeness (QED) is 0.679. The van der Waals surface area contributed by atoms with Gasteiger partial charge < -0.3 is 4.74 Å². The zero-order valence-corrected chi connectivity index (χ0v) is 12.0. The van der Waals surface area contributed by atoms with Gasteiger partial charge in [0.1, 0.15) is 6.61 Å². The predicted molar refractivity (Wildman–Crippen MR) is 85.2 cm³/mol. The second kappa shape index (κ2) is 6.68. The molecule has 0 fully saturated rings. The molecule has 0 saturated heterocycles. The van der Waals surface area contributed by atoms with Gasteiger partial charge in [-0.2, -0.15) is 0 Å². The summed E-state index contributed by atoms with van der Waals surface area (Å²) >= 11 is 0. The molecule has 0 radical (unpaired) electrons. The van der Waals surface area contributed by atoms with Gasteiger partial charge >= 0.3 is 5.97 Å². The summed E-state index contributed by atoms with van der Waals surface area (Å²) in [5, 5.41) is 0. The lowest BCUT2D eigenvalue weighted by Gasteiger charge is -2.09. The Labute approximate surface area is 129 Å². The highest BCUT2D eigenvalue weighted by Gasteiger charge is 2.14. The van der Waals surface area contributed by atoms with Gasteiger partial charge in [0, 0.05) is 11.8 Å². The lowest BCUT2D eigenvalue weighted by Crippen LogP contribution is -2.07. The molecule has 0 aliphatic rings. The Morgan fingerprint density at radius 2 is 1.59 bits per heavy atom. The highest BCUT2D eigenvalue weighted by molar-refractivity contribution is 5.96. The van der Waals surface area contributed by atoms with Crippen LogP contribution in [0.5, 0.6) is 0 Å². The van der Waals surface area contributed by atoms with Crippen LogP contribution in [0.4, 0.5) is 0 Å². The van der Waals surface area contributed by atoms with Crippen LogP contribution < -0.4 is 0 Å². The van der Waals surface area contributed by atoms with E-state index in [1.165, 1.54) is 0 Å². The maximum absolute atomic E-state index is 12.4. The lowest BCUT2D eigenvalue weighted by atomic mass is 10.0. The Hall–Kier alpha value is -2.94. The van der Waals surface area contributed by atoms with Crippen molar-refractivity contribution < 1.29 is 9.53 Å². The van der Waals surface area contributed by atoms with Crippen molar-refractivity contribution >= 4 is 5.97 Å². The number of rotatable bonds is 4. The summed E-state index contributed by atoms with van der Waals surface area (Å²) in [5.74, 6) is -0.342. The number of aromatic nitrogens is 1. The van der Waals surface area contributed by atoms with Gasteiger partial charge in [0.05, 0.1) is 11.3 Å². The molecule has 2 aromatic carbocycles. The van der Waals surface area contributed by atoms with E-state index in [0.717, 1.165) is 16.8 Å². The molecule has 22 heavy (non-hydrogen) atoms. The van der Waals surface area contributed by atoms with Crippen molar-refractivity contribution in [2.75, 3.05) is 0 Å². The molecule has 3 heteroatoms. The first-order chi connectivity index (χ1) is 10.8. The third-order valence-corrected chi connectivity index (χ3v) is 3.30. The Bertz CT molecular complexity index is 755. The maximum atomic E-state index is 12.4. The molecule has 3 aromatic rings. The summed E-state index contributed by atoms with van der Waals surface area (Å²) in [6.45, 7) is 0.260. The van der Waals surface area contributed by atoms with Gasteiger partial charge in [-0.05, 0) is 23.8 Å². The second-order valence-electron chi connectivity index (χ2n) is 4.82. The third kappa shape index (κ3) is 3.20. The summed E-state index contributed by atoms with van der Waals surface area (Å²) in [6, 6.07) is 22.6. The van der Waals surface area contributed by atoms with E-state index in [0.29, 0.717) is 5.56 Å². The first-order valence-corrected chi connectivity index (χ1v) is 7.06.